The third-order valence-electron chi connectivity index (χ3n) is 5.47. The fourth-order valence-corrected chi connectivity index (χ4v) is 3.89. The predicted molar refractivity (Wildman–Crippen MR) is 111 cm³/mol. The highest BCUT2D eigenvalue weighted by Gasteiger charge is 2.33. The number of fused-ring (bicyclic) bond motifs is 1. The van der Waals surface area contributed by atoms with E-state index in [0.29, 0.717) is 12.4 Å². The summed E-state index contributed by atoms with van der Waals surface area (Å²) in [5.41, 5.74) is 5.17. The van der Waals surface area contributed by atoms with Gasteiger partial charge >= 0.3 is 6.03 Å². The third kappa shape index (κ3) is 3.61. The molecule has 2 heterocycles. The fourth-order valence-electron chi connectivity index (χ4n) is 3.89. The van der Waals surface area contributed by atoms with Gasteiger partial charge in [-0.1, -0.05) is 43.7 Å². The van der Waals surface area contributed by atoms with Gasteiger partial charge < -0.3 is 14.6 Å². The molecular formula is C23H27N3O2. The molecule has 1 aliphatic heterocycles. The van der Waals surface area contributed by atoms with Crippen molar-refractivity contribution in [2.24, 2.45) is 0 Å². The normalized spacial score (nSPS) is 16.6. The van der Waals surface area contributed by atoms with Crippen LogP contribution in [0.4, 0.5) is 4.79 Å². The Morgan fingerprint density at radius 3 is 2.96 bits per heavy atom. The number of benzene rings is 2. The first kappa shape index (κ1) is 18.5. The standard InChI is InChI=1S/C23H27N3O2/c1-3-4-13-24-23(27)26-14-7-10-20(26)22-25-19-15-17(11-12-21(19)28-22)18-9-6-5-8-16(18)2/h5-6,8-9,11-12,15,20H,3-4,7,10,13-14H2,1-2H3,(H,24,27)/t20-/m1/s1. The number of nitrogens with zero attached hydrogens (tertiary/aromatic N) is 2. The minimum absolute atomic E-state index is 0.0150. The van der Waals surface area contributed by atoms with E-state index in [1.54, 1.807) is 0 Å². The Kier molecular flexibility index (Phi) is 5.33. The van der Waals surface area contributed by atoms with Crippen molar-refractivity contribution in [3.63, 3.8) is 0 Å². The SMILES string of the molecule is CCCCNC(=O)N1CCC[C@@H]1c1nc2cc(-c3ccccc3C)ccc2o1. The minimum atomic E-state index is -0.0871. The molecule has 1 aromatic heterocycles. The van der Waals surface area contributed by atoms with Gasteiger partial charge in [0.1, 0.15) is 11.6 Å². The number of urea groups is 1. The zero-order chi connectivity index (χ0) is 19.5. The van der Waals surface area contributed by atoms with E-state index >= 15 is 0 Å². The molecule has 3 aromatic rings. The van der Waals surface area contributed by atoms with Crippen LogP contribution in [0.1, 0.15) is 50.1 Å². The van der Waals surface area contributed by atoms with E-state index < -0.39 is 0 Å². The second-order valence-electron chi connectivity index (χ2n) is 7.49. The van der Waals surface area contributed by atoms with Crippen LogP contribution >= 0.6 is 0 Å². The first-order valence-electron chi connectivity index (χ1n) is 10.2. The highest BCUT2D eigenvalue weighted by Crippen LogP contribution is 2.34. The Hall–Kier alpha value is -2.82. The minimum Gasteiger partial charge on any atom is -0.438 e. The number of aromatic nitrogens is 1. The molecule has 146 valence electrons. The van der Waals surface area contributed by atoms with Crippen molar-refractivity contribution in [3.05, 3.63) is 53.9 Å². The van der Waals surface area contributed by atoms with E-state index in [2.05, 4.69) is 43.4 Å². The first-order valence-corrected chi connectivity index (χ1v) is 10.2. The summed E-state index contributed by atoms with van der Waals surface area (Å²) < 4.78 is 6.05. The largest absolute Gasteiger partial charge is 0.438 e. The topological polar surface area (TPSA) is 58.4 Å². The molecule has 1 atom stereocenters. The molecule has 1 aliphatic rings. The summed E-state index contributed by atoms with van der Waals surface area (Å²) in [6.07, 6.45) is 3.92. The lowest BCUT2D eigenvalue weighted by Gasteiger charge is -2.22. The monoisotopic (exact) mass is 377 g/mol. The molecule has 2 amide bonds. The zero-order valence-electron chi connectivity index (χ0n) is 16.6. The molecule has 0 radical (unpaired) electrons. The molecule has 5 heteroatoms. The van der Waals surface area contributed by atoms with Gasteiger partial charge in [0.05, 0.1) is 0 Å². The number of nitrogens with one attached hydrogen (secondary N) is 1. The van der Waals surface area contributed by atoms with Crippen LogP contribution in [-0.4, -0.2) is 29.0 Å². The van der Waals surface area contributed by atoms with Gasteiger partial charge in [0.2, 0.25) is 5.89 Å². The second kappa shape index (κ2) is 8.05. The van der Waals surface area contributed by atoms with Crippen molar-refractivity contribution in [2.75, 3.05) is 13.1 Å². The van der Waals surface area contributed by atoms with Crippen molar-refractivity contribution >= 4 is 17.1 Å². The van der Waals surface area contributed by atoms with E-state index in [1.165, 1.54) is 11.1 Å². The van der Waals surface area contributed by atoms with Gasteiger partial charge in [0.25, 0.3) is 0 Å². The molecule has 0 aliphatic carbocycles. The number of carbonyl (C=O) groups is 1. The van der Waals surface area contributed by atoms with Crippen molar-refractivity contribution in [1.29, 1.82) is 0 Å². The van der Waals surface area contributed by atoms with Crippen LogP contribution < -0.4 is 5.32 Å². The maximum absolute atomic E-state index is 12.5. The van der Waals surface area contributed by atoms with Crippen molar-refractivity contribution in [1.82, 2.24) is 15.2 Å². The summed E-state index contributed by atoms with van der Waals surface area (Å²) in [5.74, 6) is 0.639. The number of unbranched alkanes of at least 4 members (excludes halogenated alkanes) is 1. The number of aryl methyl sites for hydroxylation is 1. The summed E-state index contributed by atoms with van der Waals surface area (Å²) >= 11 is 0. The van der Waals surface area contributed by atoms with Crippen LogP contribution in [0.15, 0.2) is 46.9 Å². The average Bonchev–Trinajstić information content (AvgIpc) is 3.34. The van der Waals surface area contributed by atoms with Gasteiger partial charge in [0, 0.05) is 13.1 Å². The first-order chi connectivity index (χ1) is 13.7. The second-order valence-corrected chi connectivity index (χ2v) is 7.49. The van der Waals surface area contributed by atoms with E-state index in [1.807, 2.05) is 23.1 Å². The van der Waals surface area contributed by atoms with Crippen molar-refractivity contribution in [3.8, 4) is 11.1 Å². The smallest absolute Gasteiger partial charge is 0.318 e. The van der Waals surface area contributed by atoms with Crippen LogP contribution in [0.25, 0.3) is 22.2 Å². The Labute approximate surface area is 165 Å². The maximum Gasteiger partial charge on any atom is 0.318 e. The van der Waals surface area contributed by atoms with E-state index in [0.717, 1.165) is 48.9 Å². The predicted octanol–water partition coefficient (Wildman–Crippen LogP) is 5.45. The van der Waals surface area contributed by atoms with Crippen molar-refractivity contribution in [2.45, 2.75) is 45.6 Å². The highest BCUT2D eigenvalue weighted by atomic mass is 16.4. The van der Waals surface area contributed by atoms with E-state index in [-0.39, 0.29) is 12.1 Å². The lowest BCUT2D eigenvalue weighted by molar-refractivity contribution is 0.185. The Balaban J connectivity index is 1.59. The molecule has 28 heavy (non-hydrogen) atoms. The molecule has 0 bridgehead atoms. The summed E-state index contributed by atoms with van der Waals surface area (Å²) in [4.78, 5) is 19.2. The molecule has 0 spiro atoms. The average molecular weight is 377 g/mol. The molecule has 1 N–H and O–H groups in total. The molecule has 1 saturated heterocycles. The number of oxazole rings is 1. The van der Waals surface area contributed by atoms with Gasteiger partial charge in [-0.15, -0.1) is 0 Å². The summed E-state index contributed by atoms with van der Waals surface area (Å²) in [6, 6.07) is 14.4. The fraction of sp³-hybridized carbons (Fsp3) is 0.391. The number of rotatable bonds is 5. The lowest BCUT2D eigenvalue weighted by atomic mass is 10.0. The number of hydrogen-bond donors (Lipinski definition) is 1. The summed E-state index contributed by atoms with van der Waals surface area (Å²) in [7, 11) is 0. The van der Waals surface area contributed by atoms with Gasteiger partial charge in [-0.3, -0.25) is 0 Å². The molecule has 1 fully saturated rings. The summed E-state index contributed by atoms with van der Waals surface area (Å²) in [6.45, 7) is 5.69. The van der Waals surface area contributed by atoms with Crippen molar-refractivity contribution < 1.29 is 9.21 Å². The Bertz CT molecular complexity index is 979. The van der Waals surface area contributed by atoms with Crippen LogP contribution in [0.3, 0.4) is 0 Å². The number of carbonyl (C=O) groups excluding carboxylic acids is 1. The quantitative estimate of drug-likeness (QED) is 0.602. The molecule has 2 aromatic carbocycles. The zero-order valence-corrected chi connectivity index (χ0v) is 16.6. The van der Waals surface area contributed by atoms with E-state index in [4.69, 9.17) is 9.40 Å². The number of hydrogen-bond acceptors (Lipinski definition) is 3. The highest BCUT2D eigenvalue weighted by molar-refractivity contribution is 5.81. The van der Waals surface area contributed by atoms with E-state index in [9.17, 15) is 4.79 Å². The molecule has 0 saturated carbocycles. The molecular weight excluding hydrogens is 350 g/mol. The third-order valence-corrected chi connectivity index (χ3v) is 5.47. The Morgan fingerprint density at radius 1 is 1.29 bits per heavy atom. The lowest BCUT2D eigenvalue weighted by Crippen LogP contribution is -2.39. The van der Waals surface area contributed by atoms with Crippen LogP contribution in [0.2, 0.25) is 0 Å². The summed E-state index contributed by atoms with van der Waals surface area (Å²) in [5, 5.41) is 3.01. The molecule has 0 unspecified atom stereocenters. The number of amides is 2. The molecule has 5 nitrogen and oxygen atoms in total. The van der Waals surface area contributed by atoms with Crippen LogP contribution in [-0.2, 0) is 0 Å². The number of likely N-dealkylation sites (tertiary alicyclic amines) is 1. The van der Waals surface area contributed by atoms with Gasteiger partial charge in [0.15, 0.2) is 5.58 Å². The molecule has 4 rings (SSSR count). The van der Waals surface area contributed by atoms with Crippen LogP contribution in [0, 0.1) is 6.92 Å². The van der Waals surface area contributed by atoms with Gasteiger partial charge in [-0.05, 0) is 55.0 Å². The Morgan fingerprint density at radius 2 is 2.14 bits per heavy atom. The van der Waals surface area contributed by atoms with Gasteiger partial charge in [-0.2, -0.15) is 0 Å². The van der Waals surface area contributed by atoms with Gasteiger partial charge in [-0.25, -0.2) is 9.78 Å². The maximum atomic E-state index is 12.5. The van der Waals surface area contributed by atoms with Crippen LogP contribution in [0.5, 0.6) is 0 Å².